The van der Waals surface area contributed by atoms with Gasteiger partial charge in [0.25, 0.3) is 0 Å². The Labute approximate surface area is 184 Å². The Kier molecular flexibility index (Phi) is 6.03. The molecular formula is C22H25N5O3S. The SMILES string of the molecule is COc1cccc(N2CC(C(=O)NCCc3csc(-n4nc(C)cc4C)n3)CC2=O)c1. The van der Waals surface area contributed by atoms with E-state index in [-0.39, 0.29) is 24.2 Å². The van der Waals surface area contributed by atoms with Gasteiger partial charge in [0, 0.05) is 48.8 Å². The predicted molar refractivity (Wildman–Crippen MR) is 119 cm³/mol. The van der Waals surface area contributed by atoms with Crippen LogP contribution in [0.3, 0.4) is 0 Å². The van der Waals surface area contributed by atoms with Crippen molar-refractivity contribution in [3.8, 4) is 10.9 Å². The van der Waals surface area contributed by atoms with Crippen molar-refractivity contribution in [1.29, 1.82) is 0 Å². The second kappa shape index (κ2) is 8.89. The summed E-state index contributed by atoms with van der Waals surface area (Å²) in [5.74, 6) is 0.163. The van der Waals surface area contributed by atoms with Crippen LogP contribution in [0.15, 0.2) is 35.7 Å². The largest absolute Gasteiger partial charge is 0.497 e. The van der Waals surface area contributed by atoms with Gasteiger partial charge in [0.2, 0.25) is 16.9 Å². The van der Waals surface area contributed by atoms with Crippen LogP contribution in [0.5, 0.6) is 5.75 Å². The number of aromatic nitrogens is 3. The second-order valence-corrected chi connectivity index (χ2v) is 8.44. The second-order valence-electron chi connectivity index (χ2n) is 7.61. The standard InChI is InChI=1S/C22H25N5O3S/c1-14-9-15(2)27(25-14)22-24-17(13-31-22)7-8-23-21(29)16-10-20(28)26(12-16)18-5-4-6-19(11-18)30-3/h4-6,9,11,13,16H,7-8,10,12H2,1-3H3,(H,23,29). The summed E-state index contributed by atoms with van der Waals surface area (Å²) in [6, 6.07) is 9.33. The van der Waals surface area contributed by atoms with Gasteiger partial charge in [-0.15, -0.1) is 11.3 Å². The van der Waals surface area contributed by atoms with Crippen molar-refractivity contribution < 1.29 is 14.3 Å². The molecule has 1 unspecified atom stereocenters. The molecule has 4 rings (SSSR count). The van der Waals surface area contributed by atoms with Gasteiger partial charge in [-0.25, -0.2) is 9.67 Å². The van der Waals surface area contributed by atoms with Gasteiger partial charge in [-0.3, -0.25) is 9.59 Å². The number of hydrogen-bond donors (Lipinski definition) is 1. The number of hydrogen-bond acceptors (Lipinski definition) is 6. The normalized spacial score (nSPS) is 16.0. The van der Waals surface area contributed by atoms with Crippen molar-refractivity contribution >= 4 is 28.8 Å². The number of carbonyl (C=O) groups is 2. The molecule has 1 aromatic carbocycles. The molecule has 0 aliphatic carbocycles. The van der Waals surface area contributed by atoms with Gasteiger partial charge in [-0.2, -0.15) is 5.10 Å². The van der Waals surface area contributed by atoms with Crippen LogP contribution in [0.2, 0.25) is 0 Å². The van der Waals surface area contributed by atoms with E-state index < -0.39 is 0 Å². The molecule has 8 nitrogen and oxygen atoms in total. The van der Waals surface area contributed by atoms with Crippen molar-refractivity contribution in [2.75, 3.05) is 25.1 Å². The van der Waals surface area contributed by atoms with Crippen LogP contribution < -0.4 is 15.0 Å². The number of ether oxygens (including phenoxy) is 1. The zero-order valence-electron chi connectivity index (χ0n) is 17.8. The third-order valence-corrected chi connectivity index (χ3v) is 6.14. The molecule has 2 amide bonds. The molecule has 162 valence electrons. The number of methoxy groups -OCH3 is 1. The van der Waals surface area contributed by atoms with Gasteiger partial charge in [0.05, 0.1) is 24.4 Å². The Bertz CT molecular complexity index is 1110. The number of rotatable bonds is 7. The predicted octanol–water partition coefficient (Wildman–Crippen LogP) is 2.67. The summed E-state index contributed by atoms with van der Waals surface area (Å²) in [5, 5.41) is 10.2. The maximum absolute atomic E-state index is 12.6. The highest BCUT2D eigenvalue weighted by Gasteiger charge is 2.35. The minimum atomic E-state index is -0.362. The minimum absolute atomic E-state index is 0.0533. The Morgan fingerprint density at radius 2 is 2.16 bits per heavy atom. The fraction of sp³-hybridized carbons (Fsp3) is 0.364. The first kappa shape index (κ1) is 21.0. The summed E-state index contributed by atoms with van der Waals surface area (Å²) < 4.78 is 7.06. The minimum Gasteiger partial charge on any atom is -0.497 e. The first-order valence-electron chi connectivity index (χ1n) is 10.1. The van der Waals surface area contributed by atoms with Crippen LogP contribution in [0.25, 0.3) is 5.13 Å². The van der Waals surface area contributed by atoms with Gasteiger partial charge < -0.3 is 15.0 Å². The third-order valence-electron chi connectivity index (χ3n) is 5.27. The molecule has 1 N–H and O–H groups in total. The molecule has 3 aromatic rings. The van der Waals surface area contributed by atoms with E-state index in [9.17, 15) is 9.59 Å². The molecule has 31 heavy (non-hydrogen) atoms. The summed E-state index contributed by atoms with van der Waals surface area (Å²) in [5.41, 5.74) is 3.65. The van der Waals surface area contributed by atoms with Gasteiger partial charge in [-0.05, 0) is 32.0 Å². The quantitative estimate of drug-likeness (QED) is 0.611. The lowest BCUT2D eigenvalue weighted by atomic mass is 10.1. The Balaban J connectivity index is 1.30. The van der Waals surface area contributed by atoms with E-state index in [1.165, 1.54) is 11.3 Å². The van der Waals surface area contributed by atoms with Crippen LogP contribution >= 0.6 is 11.3 Å². The molecule has 0 bridgehead atoms. The number of nitrogens with one attached hydrogen (secondary N) is 1. The Hall–Kier alpha value is -3.20. The van der Waals surface area contributed by atoms with Crippen LogP contribution in [-0.4, -0.2) is 46.8 Å². The average Bonchev–Trinajstić information content (AvgIpc) is 3.46. The molecule has 1 fully saturated rings. The molecule has 1 aliphatic rings. The molecule has 2 aromatic heterocycles. The number of thiazole rings is 1. The van der Waals surface area contributed by atoms with Crippen molar-refractivity contribution in [1.82, 2.24) is 20.1 Å². The number of nitrogens with zero attached hydrogens (tertiary/aromatic N) is 4. The molecular weight excluding hydrogens is 414 g/mol. The smallest absolute Gasteiger partial charge is 0.227 e. The zero-order valence-corrected chi connectivity index (χ0v) is 18.6. The lowest BCUT2D eigenvalue weighted by Crippen LogP contribution is -2.34. The van der Waals surface area contributed by atoms with Gasteiger partial charge in [0.1, 0.15) is 5.75 Å². The van der Waals surface area contributed by atoms with E-state index in [4.69, 9.17) is 4.74 Å². The maximum atomic E-state index is 12.6. The van der Waals surface area contributed by atoms with E-state index in [1.54, 1.807) is 18.1 Å². The number of carbonyl (C=O) groups excluding carboxylic acids is 2. The fourth-order valence-corrected chi connectivity index (χ4v) is 4.57. The maximum Gasteiger partial charge on any atom is 0.227 e. The molecule has 0 spiro atoms. The van der Waals surface area contributed by atoms with E-state index in [0.29, 0.717) is 25.3 Å². The van der Waals surface area contributed by atoms with Crippen molar-refractivity contribution in [3.63, 3.8) is 0 Å². The number of aryl methyl sites for hydroxylation is 2. The summed E-state index contributed by atoms with van der Waals surface area (Å²) in [4.78, 5) is 31.3. The fourth-order valence-electron chi connectivity index (χ4n) is 3.70. The topological polar surface area (TPSA) is 89.3 Å². The van der Waals surface area contributed by atoms with Crippen molar-refractivity contribution in [3.05, 3.63) is 52.8 Å². The lowest BCUT2D eigenvalue weighted by Gasteiger charge is -2.17. The van der Waals surface area contributed by atoms with E-state index in [2.05, 4.69) is 15.4 Å². The van der Waals surface area contributed by atoms with Crippen molar-refractivity contribution in [2.45, 2.75) is 26.7 Å². The summed E-state index contributed by atoms with van der Waals surface area (Å²) in [6.07, 6.45) is 0.837. The van der Waals surface area contributed by atoms with Crippen LogP contribution in [-0.2, 0) is 16.0 Å². The molecule has 1 atom stereocenters. The van der Waals surface area contributed by atoms with Crippen LogP contribution in [0.4, 0.5) is 5.69 Å². The van der Waals surface area contributed by atoms with Gasteiger partial charge in [-0.1, -0.05) is 6.07 Å². The summed E-state index contributed by atoms with van der Waals surface area (Å²) >= 11 is 1.53. The van der Waals surface area contributed by atoms with E-state index in [1.807, 2.05) is 48.2 Å². The Morgan fingerprint density at radius 1 is 1.32 bits per heavy atom. The first-order valence-corrected chi connectivity index (χ1v) is 11.0. The number of anilines is 1. The van der Waals surface area contributed by atoms with E-state index in [0.717, 1.165) is 27.9 Å². The van der Waals surface area contributed by atoms with Crippen LogP contribution in [0, 0.1) is 19.8 Å². The summed E-state index contributed by atoms with van der Waals surface area (Å²) in [7, 11) is 1.59. The van der Waals surface area contributed by atoms with Gasteiger partial charge in [0.15, 0.2) is 0 Å². The molecule has 1 aliphatic heterocycles. The zero-order chi connectivity index (χ0) is 22.0. The molecule has 0 radical (unpaired) electrons. The Morgan fingerprint density at radius 3 is 2.90 bits per heavy atom. The number of amides is 2. The number of benzene rings is 1. The average molecular weight is 440 g/mol. The highest BCUT2D eigenvalue weighted by molar-refractivity contribution is 7.12. The molecule has 3 heterocycles. The highest BCUT2D eigenvalue weighted by atomic mass is 32.1. The molecule has 0 saturated carbocycles. The van der Waals surface area contributed by atoms with Gasteiger partial charge >= 0.3 is 0 Å². The third kappa shape index (κ3) is 4.61. The highest BCUT2D eigenvalue weighted by Crippen LogP contribution is 2.28. The van der Waals surface area contributed by atoms with Crippen molar-refractivity contribution in [2.24, 2.45) is 5.92 Å². The monoisotopic (exact) mass is 439 g/mol. The first-order chi connectivity index (χ1) is 14.9. The molecule has 1 saturated heterocycles. The van der Waals surface area contributed by atoms with Crippen LogP contribution in [0.1, 0.15) is 23.5 Å². The lowest BCUT2D eigenvalue weighted by molar-refractivity contribution is -0.126. The van der Waals surface area contributed by atoms with E-state index >= 15 is 0 Å². The molecule has 9 heteroatoms. The summed E-state index contributed by atoms with van der Waals surface area (Å²) in [6.45, 7) is 4.80.